The zero-order valence-electron chi connectivity index (χ0n) is 14.3. The molecule has 1 saturated heterocycles. The van der Waals surface area contributed by atoms with Gasteiger partial charge in [0, 0.05) is 38.5 Å². The lowest BCUT2D eigenvalue weighted by Crippen LogP contribution is -2.19. The molecule has 2 aromatic rings. The lowest BCUT2D eigenvalue weighted by Gasteiger charge is -2.13. The Morgan fingerprint density at radius 3 is 3.04 bits per heavy atom. The molecule has 7 heteroatoms. The summed E-state index contributed by atoms with van der Waals surface area (Å²) in [6, 6.07) is 4.67. The Hall–Kier alpha value is -2.41. The van der Waals surface area contributed by atoms with Crippen LogP contribution in [0.3, 0.4) is 0 Å². The van der Waals surface area contributed by atoms with Crippen molar-refractivity contribution in [3.63, 3.8) is 0 Å². The fourth-order valence-electron chi connectivity index (χ4n) is 2.85. The molecule has 0 saturated carbocycles. The number of nitrogens with zero attached hydrogens (tertiary/aromatic N) is 2. The second kappa shape index (κ2) is 8.11. The molecule has 1 aromatic carbocycles. The quantitative estimate of drug-likeness (QED) is 0.809. The smallest absolute Gasteiger partial charge is 0.224 e. The molecule has 2 heterocycles. The predicted octanol–water partition coefficient (Wildman–Crippen LogP) is 2.72. The number of benzene rings is 1. The van der Waals surface area contributed by atoms with Crippen molar-refractivity contribution in [1.82, 2.24) is 9.78 Å². The van der Waals surface area contributed by atoms with E-state index in [0.717, 1.165) is 25.0 Å². The molecule has 2 N–H and O–H groups in total. The number of hydrogen-bond acceptors (Lipinski definition) is 4. The summed E-state index contributed by atoms with van der Waals surface area (Å²) >= 11 is 0. The first-order chi connectivity index (χ1) is 12.1. The molecular formula is C18H23FN4O2. The summed E-state index contributed by atoms with van der Waals surface area (Å²) in [5.74, 6) is -0.536. The summed E-state index contributed by atoms with van der Waals surface area (Å²) in [5, 5.41) is 9.85. The van der Waals surface area contributed by atoms with Crippen LogP contribution in [-0.2, 0) is 23.0 Å². The van der Waals surface area contributed by atoms with Gasteiger partial charge in [0.15, 0.2) is 0 Å². The summed E-state index contributed by atoms with van der Waals surface area (Å²) in [7, 11) is 1.83. The van der Waals surface area contributed by atoms with Gasteiger partial charge in [-0.3, -0.25) is 9.48 Å². The van der Waals surface area contributed by atoms with E-state index in [-0.39, 0.29) is 17.8 Å². The number of anilines is 2. The SMILES string of the molecule is Cn1cc(CCC(=O)Nc2ccc(NC[C@H]3CCCO3)c(F)c2)cn1. The normalized spacial score (nSPS) is 16.8. The van der Waals surface area contributed by atoms with Crippen LogP contribution in [0.1, 0.15) is 24.8 Å². The molecule has 3 rings (SSSR count). The molecule has 0 aliphatic carbocycles. The summed E-state index contributed by atoms with van der Waals surface area (Å²) in [5.41, 5.74) is 1.87. The van der Waals surface area contributed by atoms with Gasteiger partial charge in [-0.1, -0.05) is 0 Å². The average molecular weight is 346 g/mol. The summed E-state index contributed by atoms with van der Waals surface area (Å²) in [4.78, 5) is 12.0. The van der Waals surface area contributed by atoms with Crippen LogP contribution < -0.4 is 10.6 Å². The highest BCUT2D eigenvalue weighted by Crippen LogP contribution is 2.20. The second-order valence-corrected chi connectivity index (χ2v) is 6.28. The van der Waals surface area contributed by atoms with Gasteiger partial charge in [0.1, 0.15) is 5.82 Å². The number of nitrogens with one attached hydrogen (secondary N) is 2. The van der Waals surface area contributed by atoms with Crippen LogP contribution in [0, 0.1) is 5.82 Å². The molecule has 25 heavy (non-hydrogen) atoms. The average Bonchev–Trinajstić information content (AvgIpc) is 3.24. The standard InChI is InChI=1S/C18H23FN4O2/c1-23-12-13(10-21-23)4-7-18(24)22-14-5-6-17(16(19)9-14)20-11-15-3-2-8-25-15/h5-6,9-10,12,15,20H,2-4,7-8,11H2,1H3,(H,22,24)/t15-/m1/s1. The monoisotopic (exact) mass is 346 g/mol. The van der Waals surface area contributed by atoms with Gasteiger partial charge in [0.25, 0.3) is 0 Å². The first kappa shape index (κ1) is 17.4. The fourth-order valence-corrected chi connectivity index (χ4v) is 2.85. The van der Waals surface area contributed by atoms with Gasteiger partial charge in [-0.15, -0.1) is 0 Å². The second-order valence-electron chi connectivity index (χ2n) is 6.28. The zero-order chi connectivity index (χ0) is 17.6. The van der Waals surface area contributed by atoms with Gasteiger partial charge in [0.2, 0.25) is 5.91 Å². The van der Waals surface area contributed by atoms with E-state index in [1.54, 1.807) is 23.0 Å². The Labute approximate surface area is 146 Å². The van der Waals surface area contributed by atoms with E-state index >= 15 is 0 Å². The van der Waals surface area contributed by atoms with Crippen molar-refractivity contribution in [3.05, 3.63) is 42.0 Å². The van der Waals surface area contributed by atoms with Crippen LogP contribution in [0.5, 0.6) is 0 Å². The van der Waals surface area contributed by atoms with Crippen molar-refractivity contribution in [3.8, 4) is 0 Å². The lowest BCUT2D eigenvalue weighted by molar-refractivity contribution is -0.116. The number of halogens is 1. The van der Waals surface area contributed by atoms with Crippen LogP contribution in [0.2, 0.25) is 0 Å². The summed E-state index contributed by atoms with van der Waals surface area (Å²) in [6.45, 7) is 1.37. The number of carbonyl (C=O) groups is 1. The van der Waals surface area contributed by atoms with Crippen LogP contribution in [0.25, 0.3) is 0 Å². The van der Waals surface area contributed by atoms with Gasteiger partial charge >= 0.3 is 0 Å². The third-order valence-corrected chi connectivity index (χ3v) is 4.20. The number of aryl methyl sites for hydroxylation is 2. The minimum absolute atomic E-state index is 0.145. The van der Waals surface area contributed by atoms with E-state index in [1.165, 1.54) is 6.07 Å². The van der Waals surface area contributed by atoms with Gasteiger partial charge < -0.3 is 15.4 Å². The predicted molar refractivity (Wildman–Crippen MR) is 94.0 cm³/mol. The van der Waals surface area contributed by atoms with Crippen molar-refractivity contribution >= 4 is 17.3 Å². The molecule has 6 nitrogen and oxygen atoms in total. The Kier molecular flexibility index (Phi) is 5.65. The molecule has 1 aromatic heterocycles. The van der Waals surface area contributed by atoms with E-state index in [9.17, 15) is 9.18 Å². The maximum atomic E-state index is 14.2. The van der Waals surface area contributed by atoms with E-state index in [0.29, 0.717) is 30.8 Å². The number of rotatable bonds is 7. The highest BCUT2D eigenvalue weighted by molar-refractivity contribution is 5.91. The number of aromatic nitrogens is 2. The minimum Gasteiger partial charge on any atom is -0.380 e. The Morgan fingerprint density at radius 1 is 1.48 bits per heavy atom. The Balaban J connectivity index is 1.48. The Morgan fingerprint density at radius 2 is 2.36 bits per heavy atom. The van der Waals surface area contributed by atoms with Gasteiger partial charge in [0.05, 0.1) is 18.0 Å². The molecule has 134 valence electrons. The van der Waals surface area contributed by atoms with Crippen LogP contribution in [0.15, 0.2) is 30.6 Å². The highest BCUT2D eigenvalue weighted by atomic mass is 19.1. The van der Waals surface area contributed by atoms with E-state index < -0.39 is 0 Å². The van der Waals surface area contributed by atoms with E-state index in [1.807, 2.05) is 13.2 Å². The van der Waals surface area contributed by atoms with E-state index in [2.05, 4.69) is 15.7 Å². The zero-order valence-corrected chi connectivity index (χ0v) is 14.3. The van der Waals surface area contributed by atoms with Crippen molar-refractivity contribution in [1.29, 1.82) is 0 Å². The minimum atomic E-state index is -0.386. The third-order valence-electron chi connectivity index (χ3n) is 4.20. The lowest BCUT2D eigenvalue weighted by atomic mass is 10.2. The summed E-state index contributed by atoms with van der Waals surface area (Å²) in [6.07, 6.45) is 6.74. The molecule has 0 spiro atoms. The van der Waals surface area contributed by atoms with E-state index in [4.69, 9.17) is 4.74 Å². The van der Waals surface area contributed by atoms with Crippen LogP contribution in [-0.4, -0.2) is 34.9 Å². The van der Waals surface area contributed by atoms with Crippen LogP contribution in [0.4, 0.5) is 15.8 Å². The summed E-state index contributed by atoms with van der Waals surface area (Å²) < 4.78 is 21.4. The van der Waals surface area contributed by atoms with Gasteiger partial charge in [-0.25, -0.2) is 4.39 Å². The maximum absolute atomic E-state index is 14.2. The molecule has 1 amide bonds. The molecule has 1 atom stereocenters. The molecular weight excluding hydrogens is 323 g/mol. The molecule has 1 aliphatic heterocycles. The number of hydrogen-bond donors (Lipinski definition) is 2. The van der Waals surface area contributed by atoms with Gasteiger partial charge in [-0.05, 0) is 43.0 Å². The maximum Gasteiger partial charge on any atom is 0.224 e. The van der Waals surface area contributed by atoms with Crippen molar-refractivity contribution in [2.75, 3.05) is 23.8 Å². The number of amides is 1. The molecule has 1 aliphatic rings. The third kappa shape index (κ3) is 5.03. The molecule has 0 bridgehead atoms. The number of ether oxygens (including phenoxy) is 1. The number of carbonyl (C=O) groups excluding carboxylic acids is 1. The Bertz CT molecular complexity index is 726. The first-order valence-electron chi connectivity index (χ1n) is 8.52. The van der Waals surface area contributed by atoms with Crippen molar-refractivity contribution in [2.24, 2.45) is 7.05 Å². The van der Waals surface area contributed by atoms with Crippen LogP contribution >= 0.6 is 0 Å². The van der Waals surface area contributed by atoms with Crippen molar-refractivity contribution < 1.29 is 13.9 Å². The molecule has 1 fully saturated rings. The highest BCUT2D eigenvalue weighted by Gasteiger charge is 2.15. The first-order valence-corrected chi connectivity index (χ1v) is 8.52. The van der Waals surface area contributed by atoms with Gasteiger partial charge in [-0.2, -0.15) is 5.10 Å². The molecule has 0 unspecified atom stereocenters. The topological polar surface area (TPSA) is 68.2 Å². The largest absolute Gasteiger partial charge is 0.380 e. The van der Waals surface area contributed by atoms with Crippen molar-refractivity contribution in [2.45, 2.75) is 31.8 Å². The molecule has 0 radical (unpaired) electrons. The fraction of sp³-hybridized carbons (Fsp3) is 0.444.